The van der Waals surface area contributed by atoms with Gasteiger partial charge in [-0.1, -0.05) is 6.07 Å². The molecule has 0 aliphatic carbocycles. The molecule has 3 nitrogen and oxygen atoms in total. The SMILES string of the molecule is Clc1nc(N2CCCC2)c2cccc(Br)c2n1. The Kier molecular flexibility index (Phi) is 2.92. The van der Waals surface area contributed by atoms with E-state index in [0.717, 1.165) is 34.3 Å². The van der Waals surface area contributed by atoms with Gasteiger partial charge in [0.25, 0.3) is 0 Å². The normalized spacial score (nSPS) is 15.8. The fourth-order valence-electron chi connectivity index (χ4n) is 2.24. The minimum atomic E-state index is 0.311. The molecule has 0 spiro atoms. The second-order valence-corrected chi connectivity index (χ2v) is 5.34. The van der Waals surface area contributed by atoms with E-state index in [1.165, 1.54) is 12.8 Å². The van der Waals surface area contributed by atoms with Crippen LogP contribution in [0.3, 0.4) is 0 Å². The number of halogens is 2. The van der Waals surface area contributed by atoms with Crippen LogP contribution < -0.4 is 4.90 Å². The van der Waals surface area contributed by atoms with Crippen molar-refractivity contribution >= 4 is 44.3 Å². The molecule has 5 heteroatoms. The van der Waals surface area contributed by atoms with Gasteiger partial charge in [-0.15, -0.1) is 0 Å². The summed E-state index contributed by atoms with van der Waals surface area (Å²) >= 11 is 9.51. The van der Waals surface area contributed by atoms with Crippen molar-refractivity contribution in [2.75, 3.05) is 18.0 Å². The third-order valence-corrected chi connectivity index (χ3v) is 3.84. The Labute approximate surface area is 113 Å². The first-order chi connectivity index (χ1) is 8.25. The van der Waals surface area contributed by atoms with Crippen LogP contribution >= 0.6 is 27.5 Å². The summed E-state index contributed by atoms with van der Waals surface area (Å²) in [5.74, 6) is 0.957. The number of hydrogen-bond acceptors (Lipinski definition) is 3. The zero-order chi connectivity index (χ0) is 11.8. The van der Waals surface area contributed by atoms with Gasteiger partial charge in [0.2, 0.25) is 5.28 Å². The van der Waals surface area contributed by atoms with Crippen molar-refractivity contribution in [2.45, 2.75) is 12.8 Å². The average molecular weight is 313 g/mol. The topological polar surface area (TPSA) is 29.0 Å². The molecule has 88 valence electrons. The van der Waals surface area contributed by atoms with Crippen LogP contribution in [0.5, 0.6) is 0 Å². The number of aromatic nitrogens is 2. The summed E-state index contributed by atoms with van der Waals surface area (Å²) in [5, 5.41) is 1.37. The maximum atomic E-state index is 6.00. The van der Waals surface area contributed by atoms with E-state index in [9.17, 15) is 0 Å². The van der Waals surface area contributed by atoms with Crippen LogP contribution in [0.15, 0.2) is 22.7 Å². The maximum Gasteiger partial charge on any atom is 0.224 e. The molecule has 0 N–H and O–H groups in total. The molecule has 2 heterocycles. The number of fused-ring (bicyclic) bond motifs is 1. The van der Waals surface area contributed by atoms with E-state index < -0.39 is 0 Å². The Bertz CT molecular complexity index is 567. The summed E-state index contributed by atoms with van der Waals surface area (Å²) in [6, 6.07) is 6.02. The molecule has 17 heavy (non-hydrogen) atoms. The standard InChI is InChI=1S/C12H11BrClN3/c13-9-5-3-4-8-10(9)15-12(14)16-11(8)17-6-1-2-7-17/h3-5H,1-2,6-7H2. The van der Waals surface area contributed by atoms with Gasteiger partial charge in [0.15, 0.2) is 0 Å². The van der Waals surface area contributed by atoms with Crippen LogP contribution in [0.25, 0.3) is 10.9 Å². The van der Waals surface area contributed by atoms with Gasteiger partial charge in [-0.3, -0.25) is 0 Å². The van der Waals surface area contributed by atoms with Crippen LogP contribution in [0.1, 0.15) is 12.8 Å². The monoisotopic (exact) mass is 311 g/mol. The van der Waals surface area contributed by atoms with E-state index in [-0.39, 0.29) is 0 Å². The fourth-order valence-corrected chi connectivity index (χ4v) is 2.86. The molecule has 2 aromatic rings. The predicted molar refractivity (Wildman–Crippen MR) is 73.7 cm³/mol. The van der Waals surface area contributed by atoms with Gasteiger partial charge in [0, 0.05) is 22.9 Å². The Morgan fingerprint density at radius 1 is 1.18 bits per heavy atom. The summed E-state index contributed by atoms with van der Waals surface area (Å²) in [6.07, 6.45) is 2.44. The molecule has 0 saturated carbocycles. The molecule has 0 atom stereocenters. The molecule has 0 radical (unpaired) electrons. The van der Waals surface area contributed by atoms with Crippen LogP contribution in [0, 0.1) is 0 Å². The molecule has 1 fully saturated rings. The minimum absolute atomic E-state index is 0.311. The van der Waals surface area contributed by atoms with Crippen LogP contribution in [-0.2, 0) is 0 Å². The van der Waals surface area contributed by atoms with Crippen molar-refractivity contribution in [2.24, 2.45) is 0 Å². The Morgan fingerprint density at radius 3 is 2.71 bits per heavy atom. The number of para-hydroxylation sites is 1. The highest BCUT2D eigenvalue weighted by Crippen LogP contribution is 2.31. The average Bonchev–Trinajstić information content (AvgIpc) is 2.83. The van der Waals surface area contributed by atoms with Crippen LogP contribution in [-0.4, -0.2) is 23.1 Å². The van der Waals surface area contributed by atoms with E-state index in [1.807, 2.05) is 18.2 Å². The summed E-state index contributed by atoms with van der Waals surface area (Å²) in [6.45, 7) is 2.10. The first-order valence-electron chi connectivity index (χ1n) is 5.62. The lowest BCUT2D eigenvalue weighted by molar-refractivity contribution is 0.939. The van der Waals surface area contributed by atoms with Crippen molar-refractivity contribution in [3.63, 3.8) is 0 Å². The van der Waals surface area contributed by atoms with Gasteiger partial charge in [-0.05, 0) is 52.5 Å². The summed E-state index contributed by atoms with van der Waals surface area (Å²) in [7, 11) is 0. The first-order valence-corrected chi connectivity index (χ1v) is 6.79. The number of rotatable bonds is 1. The fraction of sp³-hybridized carbons (Fsp3) is 0.333. The van der Waals surface area contributed by atoms with Gasteiger partial charge >= 0.3 is 0 Å². The molecule has 1 aromatic carbocycles. The lowest BCUT2D eigenvalue weighted by Crippen LogP contribution is -2.19. The lowest BCUT2D eigenvalue weighted by atomic mass is 10.2. The number of hydrogen-bond donors (Lipinski definition) is 0. The molecule has 1 aromatic heterocycles. The maximum absolute atomic E-state index is 6.00. The number of nitrogens with zero attached hydrogens (tertiary/aromatic N) is 3. The van der Waals surface area contributed by atoms with E-state index in [4.69, 9.17) is 11.6 Å². The molecular weight excluding hydrogens is 302 g/mol. The van der Waals surface area contributed by atoms with Gasteiger partial charge in [-0.25, -0.2) is 4.98 Å². The third-order valence-electron chi connectivity index (χ3n) is 3.04. The van der Waals surface area contributed by atoms with Gasteiger partial charge in [0.1, 0.15) is 5.82 Å². The second kappa shape index (κ2) is 4.42. The summed E-state index contributed by atoms with van der Waals surface area (Å²) in [5.41, 5.74) is 0.884. The van der Waals surface area contributed by atoms with E-state index in [0.29, 0.717) is 5.28 Å². The van der Waals surface area contributed by atoms with Crippen molar-refractivity contribution in [1.29, 1.82) is 0 Å². The minimum Gasteiger partial charge on any atom is -0.356 e. The summed E-state index contributed by atoms with van der Waals surface area (Å²) < 4.78 is 0.958. The Morgan fingerprint density at radius 2 is 1.94 bits per heavy atom. The van der Waals surface area contributed by atoms with E-state index in [1.54, 1.807) is 0 Å². The zero-order valence-electron chi connectivity index (χ0n) is 9.16. The van der Waals surface area contributed by atoms with Gasteiger partial charge < -0.3 is 4.90 Å². The van der Waals surface area contributed by atoms with Crippen LogP contribution in [0.2, 0.25) is 5.28 Å². The molecular formula is C12H11BrClN3. The quantitative estimate of drug-likeness (QED) is 0.753. The second-order valence-electron chi connectivity index (χ2n) is 4.15. The Balaban J connectivity index is 2.25. The van der Waals surface area contributed by atoms with Crippen molar-refractivity contribution in [3.05, 3.63) is 28.0 Å². The largest absolute Gasteiger partial charge is 0.356 e. The highest BCUT2D eigenvalue weighted by atomic mass is 79.9. The lowest BCUT2D eigenvalue weighted by Gasteiger charge is -2.18. The highest BCUT2D eigenvalue weighted by molar-refractivity contribution is 9.10. The first kappa shape index (κ1) is 11.2. The molecule has 1 saturated heterocycles. The smallest absolute Gasteiger partial charge is 0.224 e. The molecule has 1 aliphatic rings. The van der Waals surface area contributed by atoms with Gasteiger partial charge in [-0.2, -0.15) is 4.98 Å². The summed E-state index contributed by atoms with van der Waals surface area (Å²) in [4.78, 5) is 11.0. The number of benzene rings is 1. The Hall–Kier alpha value is -0.870. The molecule has 3 rings (SSSR count). The van der Waals surface area contributed by atoms with Crippen LogP contribution in [0.4, 0.5) is 5.82 Å². The molecule has 0 unspecified atom stereocenters. The molecule has 0 amide bonds. The van der Waals surface area contributed by atoms with E-state index in [2.05, 4.69) is 30.8 Å². The van der Waals surface area contributed by atoms with Gasteiger partial charge in [0.05, 0.1) is 5.52 Å². The van der Waals surface area contributed by atoms with Crippen molar-refractivity contribution in [3.8, 4) is 0 Å². The highest BCUT2D eigenvalue weighted by Gasteiger charge is 2.18. The molecule has 1 aliphatic heterocycles. The molecule has 0 bridgehead atoms. The van der Waals surface area contributed by atoms with E-state index >= 15 is 0 Å². The third kappa shape index (κ3) is 2.00. The van der Waals surface area contributed by atoms with Crippen molar-refractivity contribution in [1.82, 2.24) is 9.97 Å². The number of anilines is 1. The zero-order valence-corrected chi connectivity index (χ0v) is 11.5. The predicted octanol–water partition coefficient (Wildman–Crippen LogP) is 3.65. The van der Waals surface area contributed by atoms with Crippen molar-refractivity contribution < 1.29 is 0 Å².